The Labute approximate surface area is 116 Å². The zero-order valence-corrected chi connectivity index (χ0v) is 11.4. The van der Waals surface area contributed by atoms with Gasteiger partial charge in [-0.2, -0.15) is 8.42 Å². The Kier molecular flexibility index (Phi) is 3.76. The number of carbonyl (C=O) groups is 1. The number of benzene rings is 2. The van der Waals surface area contributed by atoms with E-state index < -0.39 is 16.1 Å². The van der Waals surface area contributed by atoms with Crippen LogP contribution in [-0.2, 0) is 10.1 Å². The van der Waals surface area contributed by atoms with Crippen LogP contribution in [0.5, 0.6) is 5.75 Å². The molecule has 0 aliphatic rings. The van der Waals surface area contributed by atoms with Gasteiger partial charge in [0.1, 0.15) is 10.5 Å². The average molecular weight is 292 g/mol. The van der Waals surface area contributed by atoms with E-state index in [1.165, 1.54) is 24.3 Å². The number of rotatable bonds is 4. The maximum Gasteiger partial charge on any atom is 0.339 e. The second-order valence-corrected chi connectivity index (χ2v) is 5.70. The molecule has 6 heteroatoms. The summed E-state index contributed by atoms with van der Waals surface area (Å²) in [5.74, 6) is -1.44. The fourth-order valence-electron chi connectivity index (χ4n) is 1.63. The van der Waals surface area contributed by atoms with Crippen LogP contribution in [0.4, 0.5) is 0 Å². The molecule has 2 rings (SSSR count). The van der Waals surface area contributed by atoms with Crippen LogP contribution in [0.25, 0.3) is 0 Å². The van der Waals surface area contributed by atoms with Crippen molar-refractivity contribution in [3.63, 3.8) is 0 Å². The number of aryl methyl sites for hydroxylation is 1. The Morgan fingerprint density at radius 1 is 1.10 bits per heavy atom. The van der Waals surface area contributed by atoms with Gasteiger partial charge in [0.15, 0.2) is 5.75 Å². The van der Waals surface area contributed by atoms with Gasteiger partial charge >= 0.3 is 16.1 Å². The van der Waals surface area contributed by atoms with E-state index in [9.17, 15) is 13.2 Å². The lowest BCUT2D eigenvalue weighted by Crippen LogP contribution is -2.12. The van der Waals surface area contributed by atoms with Gasteiger partial charge < -0.3 is 9.29 Å². The van der Waals surface area contributed by atoms with Crippen LogP contribution in [0.3, 0.4) is 0 Å². The number of carboxylic acid groups (broad SMARTS) is 1. The lowest BCUT2D eigenvalue weighted by molar-refractivity contribution is 0.0695. The molecule has 2 aromatic carbocycles. The number of hydrogen-bond donors (Lipinski definition) is 1. The van der Waals surface area contributed by atoms with Crippen LogP contribution in [0.1, 0.15) is 15.9 Å². The minimum atomic E-state index is -4.05. The van der Waals surface area contributed by atoms with Crippen molar-refractivity contribution in [3.8, 4) is 5.75 Å². The minimum absolute atomic E-state index is 0.0298. The van der Waals surface area contributed by atoms with E-state index in [0.717, 1.165) is 0 Å². The van der Waals surface area contributed by atoms with E-state index in [4.69, 9.17) is 9.29 Å². The van der Waals surface area contributed by atoms with Gasteiger partial charge in [-0.15, -0.1) is 0 Å². The lowest BCUT2D eigenvalue weighted by Gasteiger charge is -2.10. The fourth-order valence-corrected chi connectivity index (χ4v) is 2.59. The van der Waals surface area contributed by atoms with E-state index in [-0.39, 0.29) is 16.2 Å². The molecule has 0 aliphatic carbocycles. The Balaban J connectivity index is 2.44. The SMILES string of the molecule is Cc1ccc(C(=O)O)c(OS(=O)(=O)c2ccccc2)c1. The van der Waals surface area contributed by atoms with Crippen molar-refractivity contribution in [2.75, 3.05) is 0 Å². The summed E-state index contributed by atoms with van der Waals surface area (Å²) in [6.07, 6.45) is 0. The molecule has 104 valence electrons. The van der Waals surface area contributed by atoms with Crippen LogP contribution in [0.2, 0.25) is 0 Å². The predicted octanol–water partition coefficient (Wildman–Crippen LogP) is 2.46. The molecular weight excluding hydrogens is 280 g/mol. The van der Waals surface area contributed by atoms with Crippen molar-refractivity contribution in [1.29, 1.82) is 0 Å². The van der Waals surface area contributed by atoms with Gasteiger partial charge in [-0.25, -0.2) is 4.79 Å². The highest BCUT2D eigenvalue weighted by atomic mass is 32.2. The van der Waals surface area contributed by atoms with Crippen molar-refractivity contribution in [3.05, 3.63) is 59.7 Å². The highest BCUT2D eigenvalue weighted by molar-refractivity contribution is 7.87. The first-order valence-electron chi connectivity index (χ1n) is 5.73. The first-order valence-corrected chi connectivity index (χ1v) is 7.14. The second-order valence-electron chi connectivity index (χ2n) is 4.16. The number of carboxylic acids is 1. The zero-order valence-electron chi connectivity index (χ0n) is 10.6. The van der Waals surface area contributed by atoms with Gasteiger partial charge in [0, 0.05) is 0 Å². The fraction of sp³-hybridized carbons (Fsp3) is 0.0714. The van der Waals surface area contributed by atoms with Gasteiger partial charge in [0.05, 0.1) is 0 Å². The summed E-state index contributed by atoms with van der Waals surface area (Å²) < 4.78 is 29.1. The highest BCUT2D eigenvalue weighted by Crippen LogP contribution is 2.24. The van der Waals surface area contributed by atoms with Crippen molar-refractivity contribution in [1.82, 2.24) is 0 Å². The summed E-state index contributed by atoms with van der Waals surface area (Å²) in [5.41, 5.74) is 0.503. The van der Waals surface area contributed by atoms with Gasteiger partial charge in [-0.3, -0.25) is 0 Å². The first kappa shape index (κ1) is 14.1. The third-order valence-corrected chi connectivity index (χ3v) is 3.85. The molecule has 0 bridgehead atoms. The smallest absolute Gasteiger partial charge is 0.339 e. The number of aromatic carboxylic acids is 1. The highest BCUT2D eigenvalue weighted by Gasteiger charge is 2.20. The Hall–Kier alpha value is -2.34. The quantitative estimate of drug-likeness (QED) is 0.875. The van der Waals surface area contributed by atoms with Crippen molar-refractivity contribution < 1.29 is 22.5 Å². The third-order valence-electron chi connectivity index (χ3n) is 2.60. The van der Waals surface area contributed by atoms with E-state index in [2.05, 4.69) is 0 Å². The monoisotopic (exact) mass is 292 g/mol. The molecule has 2 aromatic rings. The Bertz CT molecular complexity index is 735. The summed E-state index contributed by atoms with van der Waals surface area (Å²) in [6.45, 7) is 1.72. The largest absolute Gasteiger partial charge is 0.478 e. The van der Waals surface area contributed by atoms with Gasteiger partial charge in [-0.05, 0) is 36.8 Å². The van der Waals surface area contributed by atoms with Crippen molar-refractivity contribution in [2.24, 2.45) is 0 Å². The van der Waals surface area contributed by atoms with Crippen LogP contribution < -0.4 is 4.18 Å². The van der Waals surface area contributed by atoms with Crippen LogP contribution in [-0.4, -0.2) is 19.5 Å². The average Bonchev–Trinajstić information content (AvgIpc) is 2.39. The summed E-state index contributed by atoms with van der Waals surface area (Å²) >= 11 is 0. The molecule has 0 atom stereocenters. The lowest BCUT2D eigenvalue weighted by atomic mass is 10.1. The topological polar surface area (TPSA) is 80.7 Å². The van der Waals surface area contributed by atoms with E-state index in [0.29, 0.717) is 5.56 Å². The van der Waals surface area contributed by atoms with Gasteiger partial charge in [0.25, 0.3) is 0 Å². The first-order chi connectivity index (χ1) is 9.40. The molecule has 0 spiro atoms. The molecule has 0 heterocycles. The molecule has 0 amide bonds. The summed E-state index contributed by atoms with van der Waals surface area (Å²) in [6, 6.07) is 11.8. The van der Waals surface area contributed by atoms with Crippen molar-refractivity contribution in [2.45, 2.75) is 11.8 Å². The maximum atomic E-state index is 12.1. The molecule has 0 saturated carbocycles. The molecule has 0 saturated heterocycles. The predicted molar refractivity (Wildman–Crippen MR) is 72.4 cm³/mol. The van der Waals surface area contributed by atoms with E-state index in [1.54, 1.807) is 31.2 Å². The number of hydrogen-bond acceptors (Lipinski definition) is 4. The van der Waals surface area contributed by atoms with Gasteiger partial charge in [0.2, 0.25) is 0 Å². The molecule has 5 nitrogen and oxygen atoms in total. The van der Waals surface area contributed by atoms with E-state index in [1.807, 2.05) is 0 Å². The van der Waals surface area contributed by atoms with E-state index >= 15 is 0 Å². The minimum Gasteiger partial charge on any atom is -0.478 e. The Morgan fingerprint density at radius 3 is 2.35 bits per heavy atom. The molecular formula is C14H12O5S. The molecule has 0 aliphatic heterocycles. The van der Waals surface area contributed by atoms with Crippen LogP contribution >= 0.6 is 0 Å². The summed E-state index contributed by atoms with van der Waals surface area (Å²) in [4.78, 5) is 11.1. The normalized spacial score (nSPS) is 11.1. The van der Waals surface area contributed by atoms with Crippen LogP contribution in [0, 0.1) is 6.92 Å². The molecule has 0 fully saturated rings. The molecule has 1 N–H and O–H groups in total. The van der Waals surface area contributed by atoms with Crippen LogP contribution in [0.15, 0.2) is 53.4 Å². The molecule has 0 aromatic heterocycles. The Morgan fingerprint density at radius 2 is 1.75 bits per heavy atom. The summed E-state index contributed by atoms with van der Waals surface area (Å²) in [7, 11) is -4.05. The zero-order chi connectivity index (χ0) is 14.8. The summed E-state index contributed by atoms with van der Waals surface area (Å²) in [5, 5.41) is 9.05. The third kappa shape index (κ3) is 2.97. The second kappa shape index (κ2) is 5.34. The molecule has 0 radical (unpaired) electrons. The van der Waals surface area contributed by atoms with Gasteiger partial charge in [-0.1, -0.05) is 24.3 Å². The maximum absolute atomic E-state index is 12.1. The molecule has 20 heavy (non-hydrogen) atoms. The molecule has 0 unspecified atom stereocenters. The van der Waals surface area contributed by atoms with Crippen molar-refractivity contribution >= 4 is 16.1 Å². The standard InChI is InChI=1S/C14H12O5S/c1-10-7-8-12(14(15)16)13(9-10)19-20(17,18)11-5-3-2-4-6-11/h2-9H,1H3,(H,15,16).